The van der Waals surface area contributed by atoms with Crippen molar-refractivity contribution in [2.24, 2.45) is 0 Å². The second kappa shape index (κ2) is 3.81. The van der Waals surface area contributed by atoms with Crippen LogP contribution in [0.5, 0.6) is 0 Å². The molecule has 2 aromatic heterocycles. The largest absolute Gasteiger partial charge is 0.337 e. The highest BCUT2D eigenvalue weighted by Gasteiger charge is 2.08. The molecule has 1 N–H and O–H groups in total. The molecule has 0 fully saturated rings. The number of H-pyrrole nitrogens is 1. The van der Waals surface area contributed by atoms with Crippen molar-refractivity contribution in [3.05, 3.63) is 40.8 Å². The number of hydrogen-bond acceptors (Lipinski definition) is 4. The fourth-order valence-electron chi connectivity index (χ4n) is 1.80. The van der Waals surface area contributed by atoms with Gasteiger partial charge in [0.15, 0.2) is 10.6 Å². The molecule has 86 valence electrons. The molecule has 0 bridgehead atoms. The lowest BCUT2D eigenvalue weighted by Crippen LogP contribution is -1.99. The summed E-state index contributed by atoms with van der Waals surface area (Å²) < 4.78 is 7.70. The number of aromatic nitrogens is 4. The SMILES string of the molecule is Cc1noc(Cn2c(=S)[nH]c3ccccc32)n1. The van der Waals surface area contributed by atoms with Gasteiger partial charge in [-0.3, -0.25) is 0 Å². The Labute approximate surface area is 102 Å². The molecule has 17 heavy (non-hydrogen) atoms. The molecule has 6 heteroatoms. The van der Waals surface area contributed by atoms with Crippen LogP contribution >= 0.6 is 12.2 Å². The Morgan fingerprint density at radius 3 is 3.00 bits per heavy atom. The zero-order valence-corrected chi connectivity index (χ0v) is 9.99. The summed E-state index contributed by atoms with van der Waals surface area (Å²) in [7, 11) is 0. The number of para-hydroxylation sites is 2. The molecule has 0 aliphatic rings. The normalized spacial score (nSPS) is 11.1. The first-order valence-corrected chi connectivity index (χ1v) is 5.61. The quantitative estimate of drug-likeness (QED) is 0.705. The maximum Gasteiger partial charge on any atom is 0.246 e. The van der Waals surface area contributed by atoms with Gasteiger partial charge in [0.05, 0.1) is 11.0 Å². The summed E-state index contributed by atoms with van der Waals surface area (Å²) in [6.07, 6.45) is 0. The van der Waals surface area contributed by atoms with E-state index in [1.54, 1.807) is 6.92 Å². The number of imidazole rings is 1. The van der Waals surface area contributed by atoms with E-state index in [9.17, 15) is 0 Å². The van der Waals surface area contributed by atoms with Gasteiger partial charge in [-0.1, -0.05) is 17.3 Å². The van der Waals surface area contributed by atoms with Crippen LogP contribution in [0.15, 0.2) is 28.8 Å². The summed E-state index contributed by atoms with van der Waals surface area (Å²) in [5, 5.41) is 3.76. The van der Waals surface area contributed by atoms with Crippen molar-refractivity contribution >= 4 is 23.3 Å². The number of aromatic amines is 1. The molecule has 0 atom stereocenters. The maximum absolute atomic E-state index is 5.28. The van der Waals surface area contributed by atoms with Crippen LogP contribution in [0.1, 0.15) is 11.7 Å². The van der Waals surface area contributed by atoms with E-state index in [-0.39, 0.29) is 0 Å². The van der Waals surface area contributed by atoms with Crippen molar-refractivity contribution in [2.45, 2.75) is 13.5 Å². The van der Waals surface area contributed by atoms with E-state index < -0.39 is 0 Å². The Hall–Kier alpha value is -1.95. The molecule has 0 aliphatic heterocycles. The summed E-state index contributed by atoms with van der Waals surface area (Å²) in [4.78, 5) is 7.32. The molecule has 0 saturated carbocycles. The Morgan fingerprint density at radius 2 is 2.24 bits per heavy atom. The van der Waals surface area contributed by atoms with Gasteiger partial charge in [-0.25, -0.2) is 0 Å². The second-order valence-electron chi connectivity index (χ2n) is 3.77. The fourth-order valence-corrected chi connectivity index (χ4v) is 2.08. The van der Waals surface area contributed by atoms with Gasteiger partial charge < -0.3 is 14.1 Å². The fraction of sp³-hybridized carbons (Fsp3) is 0.182. The number of fused-ring (bicyclic) bond motifs is 1. The molecule has 2 heterocycles. The van der Waals surface area contributed by atoms with Gasteiger partial charge >= 0.3 is 0 Å². The number of nitrogens with zero attached hydrogens (tertiary/aromatic N) is 3. The molecule has 1 aromatic carbocycles. The molecular weight excluding hydrogens is 236 g/mol. The smallest absolute Gasteiger partial charge is 0.246 e. The van der Waals surface area contributed by atoms with Gasteiger partial charge in [0.1, 0.15) is 6.54 Å². The predicted molar refractivity (Wildman–Crippen MR) is 65.3 cm³/mol. The molecule has 0 amide bonds. The monoisotopic (exact) mass is 246 g/mol. The first-order chi connectivity index (χ1) is 8.24. The average Bonchev–Trinajstić information content (AvgIpc) is 2.85. The van der Waals surface area contributed by atoms with Crippen molar-refractivity contribution in [2.75, 3.05) is 0 Å². The van der Waals surface area contributed by atoms with Crippen molar-refractivity contribution in [1.29, 1.82) is 0 Å². The van der Waals surface area contributed by atoms with Crippen LogP contribution in [0.2, 0.25) is 0 Å². The molecule has 0 saturated heterocycles. The number of rotatable bonds is 2. The summed E-state index contributed by atoms with van der Waals surface area (Å²) >= 11 is 5.28. The molecule has 0 unspecified atom stereocenters. The molecule has 0 radical (unpaired) electrons. The minimum Gasteiger partial charge on any atom is -0.337 e. The summed E-state index contributed by atoms with van der Waals surface area (Å²) in [5.41, 5.74) is 2.04. The molecule has 5 nitrogen and oxygen atoms in total. The third kappa shape index (κ3) is 1.76. The van der Waals surface area contributed by atoms with E-state index in [1.165, 1.54) is 0 Å². The topological polar surface area (TPSA) is 59.6 Å². The standard InChI is InChI=1S/C11H10N4OS/c1-7-12-10(16-14-7)6-15-9-5-3-2-4-8(9)13-11(15)17/h2-5H,6H2,1H3,(H,13,17). The van der Waals surface area contributed by atoms with Crippen LogP contribution in [0, 0.1) is 11.7 Å². The first-order valence-electron chi connectivity index (χ1n) is 5.21. The van der Waals surface area contributed by atoms with E-state index in [0.29, 0.717) is 23.0 Å². The second-order valence-corrected chi connectivity index (χ2v) is 4.16. The Bertz CT molecular complexity index is 724. The number of benzene rings is 1. The van der Waals surface area contributed by atoms with Crippen LogP contribution in [0.4, 0.5) is 0 Å². The highest BCUT2D eigenvalue weighted by Crippen LogP contribution is 2.14. The van der Waals surface area contributed by atoms with Gasteiger partial charge in [-0.15, -0.1) is 0 Å². The van der Waals surface area contributed by atoms with E-state index >= 15 is 0 Å². The number of aryl methyl sites for hydroxylation is 1. The molecule has 3 rings (SSSR count). The van der Waals surface area contributed by atoms with Crippen molar-refractivity contribution in [1.82, 2.24) is 19.7 Å². The van der Waals surface area contributed by atoms with E-state index in [0.717, 1.165) is 11.0 Å². The van der Waals surface area contributed by atoms with Crippen LogP contribution in [0.3, 0.4) is 0 Å². The highest BCUT2D eigenvalue weighted by molar-refractivity contribution is 7.71. The molecule has 0 spiro atoms. The molecule has 0 aliphatic carbocycles. The zero-order chi connectivity index (χ0) is 11.8. The van der Waals surface area contributed by atoms with Crippen molar-refractivity contribution in [3.8, 4) is 0 Å². The minimum absolute atomic E-state index is 0.490. The third-order valence-electron chi connectivity index (χ3n) is 2.54. The third-order valence-corrected chi connectivity index (χ3v) is 2.87. The Balaban J connectivity index is 2.11. The van der Waals surface area contributed by atoms with Crippen LogP contribution in [-0.2, 0) is 6.54 Å². The van der Waals surface area contributed by atoms with E-state index in [2.05, 4.69) is 15.1 Å². The van der Waals surface area contributed by atoms with Crippen molar-refractivity contribution < 1.29 is 4.52 Å². The van der Waals surface area contributed by atoms with Gasteiger partial charge in [0.25, 0.3) is 0 Å². The average molecular weight is 246 g/mol. The van der Waals surface area contributed by atoms with Gasteiger partial charge in [-0.2, -0.15) is 4.98 Å². The maximum atomic E-state index is 5.28. The summed E-state index contributed by atoms with van der Waals surface area (Å²) in [6, 6.07) is 7.93. The van der Waals surface area contributed by atoms with Gasteiger partial charge in [0.2, 0.25) is 5.89 Å². The molecular formula is C11H10N4OS. The van der Waals surface area contributed by atoms with Crippen LogP contribution in [0.25, 0.3) is 11.0 Å². The lowest BCUT2D eigenvalue weighted by atomic mass is 10.3. The first kappa shape index (κ1) is 10.2. The number of hydrogen-bond donors (Lipinski definition) is 1. The van der Waals surface area contributed by atoms with Gasteiger partial charge in [0, 0.05) is 0 Å². The minimum atomic E-state index is 0.490. The van der Waals surface area contributed by atoms with Crippen molar-refractivity contribution in [3.63, 3.8) is 0 Å². The summed E-state index contributed by atoms with van der Waals surface area (Å²) in [6.45, 7) is 2.28. The number of nitrogens with one attached hydrogen (secondary N) is 1. The van der Waals surface area contributed by atoms with Gasteiger partial charge in [-0.05, 0) is 31.3 Å². The van der Waals surface area contributed by atoms with Crippen LogP contribution < -0.4 is 0 Å². The lowest BCUT2D eigenvalue weighted by Gasteiger charge is -1.99. The summed E-state index contributed by atoms with van der Waals surface area (Å²) in [5.74, 6) is 1.19. The lowest BCUT2D eigenvalue weighted by molar-refractivity contribution is 0.368. The predicted octanol–water partition coefficient (Wildman–Crippen LogP) is 2.44. The van der Waals surface area contributed by atoms with E-state index in [4.69, 9.17) is 16.7 Å². The highest BCUT2D eigenvalue weighted by atomic mass is 32.1. The Kier molecular flexibility index (Phi) is 2.29. The Morgan fingerprint density at radius 1 is 1.41 bits per heavy atom. The van der Waals surface area contributed by atoms with E-state index in [1.807, 2.05) is 28.8 Å². The molecule has 3 aromatic rings. The van der Waals surface area contributed by atoms with Crippen LogP contribution in [-0.4, -0.2) is 19.7 Å². The zero-order valence-electron chi connectivity index (χ0n) is 9.17.